The van der Waals surface area contributed by atoms with Crippen molar-refractivity contribution in [2.45, 2.75) is 25.7 Å². The van der Waals surface area contributed by atoms with Crippen LogP contribution in [-0.2, 0) is 9.59 Å². The van der Waals surface area contributed by atoms with E-state index >= 15 is 0 Å². The maximum absolute atomic E-state index is 11.6. The quantitative estimate of drug-likeness (QED) is 0.623. The van der Waals surface area contributed by atoms with Crippen LogP contribution in [0.4, 0.5) is 0 Å². The molecule has 0 atom stereocenters. The van der Waals surface area contributed by atoms with E-state index in [-0.39, 0.29) is 18.4 Å². The summed E-state index contributed by atoms with van der Waals surface area (Å²) in [7, 11) is 0. The van der Waals surface area contributed by atoms with E-state index < -0.39 is 5.41 Å². The van der Waals surface area contributed by atoms with Gasteiger partial charge in [-0.05, 0) is 24.3 Å². The highest BCUT2D eigenvalue weighted by Gasteiger charge is 2.21. The first kappa shape index (κ1) is 17.9. The lowest BCUT2D eigenvalue weighted by molar-refractivity contribution is -0.131. The van der Waals surface area contributed by atoms with Crippen LogP contribution in [0, 0.1) is 5.41 Å². The Balaban J connectivity index is 2.16. The summed E-state index contributed by atoms with van der Waals surface area (Å²) >= 11 is 7.45. The standard InChI is InChI=1S/C15H21ClN2O2S/c1-15(2,3)14(20)18-10-13(19)17-8-9-21-12-6-4-11(16)5-7-12/h4-7H,8-10H2,1-3H3,(H,17,19)(H,18,20). The van der Waals surface area contributed by atoms with Gasteiger partial charge in [-0.1, -0.05) is 32.4 Å². The summed E-state index contributed by atoms with van der Waals surface area (Å²) in [4.78, 5) is 24.3. The summed E-state index contributed by atoms with van der Waals surface area (Å²) in [5.74, 6) is 0.457. The molecule has 1 rings (SSSR count). The summed E-state index contributed by atoms with van der Waals surface area (Å²) in [5.41, 5.74) is -0.481. The molecular weight excluding hydrogens is 308 g/mol. The van der Waals surface area contributed by atoms with Crippen molar-refractivity contribution in [2.75, 3.05) is 18.8 Å². The van der Waals surface area contributed by atoms with Crippen LogP contribution < -0.4 is 10.6 Å². The van der Waals surface area contributed by atoms with Gasteiger partial charge in [0.1, 0.15) is 0 Å². The highest BCUT2D eigenvalue weighted by molar-refractivity contribution is 7.99. The number of hydrogen-bond acceptors (Lipinski definition) is 3. The highest BCUT2D eigenvalue weighted by atomic mass is 35.5. The molecule has 2 N–H and O–H groups in total. The number of hydrogen-bond donors (Lipinski definition) is 2. The van der Waals surface area contributed by atoms with Crippen LogP contribution in [0.1, 0.15) is 20.8 Å². The van der Waals surface area contributed by atoms with Crippen molar-refractivity contribution in [3.8, 4) is 0 Å². The molecule has 6 heteroatoms. The number of benzene rings is 1. The molecule has 0 aliphatic carbocycles. The fraction of sp³-hybridized carbons (Fsp3) is 0.467. The van der Waals surface area contributed by atoms with E-state index in [2.05, 4.69) is 10.6 Å². The van der Waals surface area contributed by atoms with Gasteiger partial charge in [0.05, 0.1) is 6.54 Å². The Morgan fingerprint density at radius 1 is 1.14 bits per heavy atom. The van der Waals surface area contributed by atoms with Gasteiger partial charge < -0.3 is 10.6 Å². The van der Waals surface area contributed by atoms with Crippen LogP contribution in [0.3, 0.4) is 0 Å². The minimum Gasteiger partial charge on any atom is -0.354 e. The van der Waals surface area contributed by atoms with Crippen molar-refractivity contribution >= 4 is 35.2 Å². The van der Waals surface area contributed by atoms with Gasteiger partial charge in [0, 0.05) is 27.6 Å². The molecule has 0 saturated carbocycles. The molecule has 1 aromatic carbocycles. The first-order chi connectivity index (χ1) is 9.79. The number of halogens is 1. The maximum Gasteiger partial charge on any atom is 0.239 e. The SMILES string of the molecule is CC(C)(C)C(=O)NCC(=O)NCCSc1ccc(Cl)cc1. The Hall–Kier alpha value is -1.20. The molecule has 0 bridgehead atoms. The number of carbonyl (C=O) groups is 2. The fourth-order valence-corrected chi connectivity index (χ4v) is 2.27. The van der Waals surface area contributed by atoms with E-state index in [9.17, 15) is 9.59 Å². The number of rotatable bonds is 6. The Morgan fingerprint density at radius 3 is 2.33 bits per heavy atom. The molecule has 0 radical (unpaired) electrons. The second-order valence-corrected chi connectivity index (χ2v) is 7.19. The molecular formula is C15H21ClN2O2S. The van der Waals surface area contributed by atoms with Gasteiger partial charge in [-0.3, -0.25) is 9.59 Å². The fourth-order valence-electron chi connectivity index (χ4n) is 1.38. The molecule has 0 spiro atoms. The van der Waals surface area contributed by atoms with Crippen molar-refractivity contribution in [3.05, 3.63) is 29.3 Å². The smallest absolute Gasteiger partial charge is 0.239 e. The Bertz CT molecular complexity index is 483. The van der Waals surface area contributed by atoms with Gasteiger partial charge in [-0.2, -0.15) is 0 Å². The zero-order valence-corrected chi connectivity index (χ0v) is 14.1. The van der Waals surface area contributed by atoms with Crippen LogP contribution in [0.5, 0.6) is 0 Å². The van der Waals surface area contributed by atoms with Gasteiger partial charge in [-0.15, -0.1) is 11.8 Å². The third kappa shape index (κ3) is 7.39. The zero-order valence-electron chi connectivity index (χ0n) is 12.5. The monoisotopic (exact) mass is 328 g/mol. The van der Waals surface area contributed by atoms with Gasteiger partial charge in [0.25, 0.3) is 0 Å². The lowest BCUT2D eigenvalue weighted by atomic mass is 9.96. The van der Waals surface area contributed by atoms with E-state index in [1.807, 2.05) is 45.0 Å². The average molecular weight is 329 g/mol. The first-order valence-corrected chi connectivity index (χ1v) is 8.09. The topological polar surface area (TPSA) is 58.2 Å². The first-order valence-electron chi connectivity index (χ1n) is 6.72. The predicted octanol–water partition coefficient (Wildman–Crippen LogP) is 2.71. The molecule has 0 aliphatic heterocycles. The molecule has 0 fully saturated rings. The molecule has 0 unspecified atom stereocenters. The molecule has 0 aromatic heterocycles. The van der Waals surface area contributed by atoms with Crippen LogP contribution in [0.25, 0.3) is 0 Å². The van der Waals surface area contributed by atoms with Crippen LogP contribution in [0.15, 0.2) is 29.2 Å². The van der Waals surface area contributed by atoms with Crippen molar-refractivity contribution in [3.63, 3.8) is 0 Å². The summed E-state index contributed by atoms with van der Waals surface area (Å²) in [5, 5.41) is 6.10. The van der Waals surface area contributed by atoms with Gasteiger partial charge in [0.2, 0.25) is 11.8 Å². The highest BCUT2D eigenvalue weighted by Crippen LogP contribution is 2.19. The Kier molecular flexibility index (Phi) is 7.05. The van der Waals surface area contributed by atoms with Crippen LogP contribution in [-0.4, -0.2) is 30.7 Å². The van der Waals surface area contributed by atoms with Crippen LogP contribution >= 0.6 is 23.4 Å². The van der Waals surface area contributed by atoms with E-state index in [0.717, 1.165) is 10.6 Å². The largest absolute Gasteiger partial charge is 0.354 e. The predicted molar refractivity (Wildman–Crippen MR) is 87.7 cm³/mol. The number of amides is 2. The van der Waals surface area contributed by atoms with E-state index in [1.165, 1.54) is 0 Å². The molecule has 2 amide bonds. The van der Waals surface area contributed by atoms with Gasteiger partial charge in [-0.25, -0.2) is 0 Å². The number of nitrogens with one attached hydrogen (secondary N) is 2. The second-order valence-electron chi connectivity index (χ2n) is 5.59. The third-order valence-corrected chi connectivity index (χ3v) is 3.86. The normalized spacial score (nSPS) is 11.0. The minimum absolute atomic E-state index is 0.0156. The van der Waals surface area contributed by atoms with Crippen molar-refractivity contribution in [2.24, 2.45) is 5.41 Å². The molecule has 1 aromatic rings. The van der Waals surface area contributed by atoms with E-state index in [1.54, 1.807) is 11.8 Å². The average Bonchev–Trinajstić information content (AvgIpc) is 2.41. The molecule has 0 aliphatic rings. The summed E-state index contributed by atoms with van der Waals surface area (Å²) in [6.45, 7) is 5.99. The lowest BCUT2D eigenvalue weighted by Crippen LogP contribution is -2.42. The molecule has 4 nitrogen and oxygen atoms in total. The molecule has 0 saturated heterocycles. The zero-order chi connectivity index (χ0) is 15.9. The Labute approximate surface area is 135 Å². The van der Waals surface area contributed by atoms with Crippen molar-refractivity contribution in [1.29, 1.82) is 0 Å². The van der Waals surface area contributed by atoms with Gasteiger partial charge in [0.15, 0.2) is 0 Å². The summed E-state index contributed by atoms with van der Waals surface area (Å²) in [6, 6.07) is 7.56. The molecule has 21 heavy (non-hydrogen) atoms. The number of thioether (sulfide) groups is 1. The van der Waals surface area contributed by atoms with E-state index in [4.69, 9.17) is 11.6 Å². The van der Waals surface area contributed by atoms with Crippen molar-refractivity contribution < 1.29 is 9.59 Å². The summed E-state index contributed by atoms with van der Waals surface area (Å²) < 4.78 is 0. The Morgan fingerprint density at radius 2 is 1.76 bits per heavy atom. The third-order valence-electron chi connectivity index (χ3n) is 2.60. The number of carbonyl (C=O) groups excluding carboxylic acids is 2. The molecule has 116 valence electrons. The van der Waals surface area contributed by atoms with Crippen molar-refractivity contribution in [1.82, 2.24) is 10.6 Å². The minimum atomic E-state index is -0.481. The van der Waals surface area contributed by atoms with Crippen LogP contribution in [0.2, 0.25) is 5.02 Å². The van der Waals surface area contributed by atoms with Gasteiger partial charge >= 0.3 is 0 Å². The second kappa shape index (κ2) is 8.29. The maximum atomic E-state index is 11.6. The van der Waals surface area contributed by atoms with E-state index in [0.29, 0.717) is 11.6 Å². The summed E-state index contributed by atoms with van der Waals surface area (Å²) in [6.07, 6.45) is 0. The lowest BCUT2D eigenvalue weighted by Gasteiger charge is -2.17. The molecule has 0 heterocycles.